The second kappa shape index (κ2) is 8.38. The molecule has 0 bridgehead atoms. The molecular formula is C16H23N3O3. The summed E-state index contributed by atoms with van der Waals surface area (Å²) >= 11 is 0. The average molecular weight is 305 g/mol. The van der Waals surface area contributed by atoms with Crippen LogP contribution in [0.15, 0.2) is 29.3 Å². The van der Waals surface area contributed by atoms with Crippen LogP contribution >= 0.6 is 0 Å². The first kappa shape index (κ1) is 16.3. The smallest absolute Gasteiger partial charge is 0.302 e. The van der Waals surface area contributed by atoms with Crippen molar-refractivity contribution < 1.29 is 14.3 Å². The van der Waals surface area contributed by atoms with Crippen molar-refractivity contribution in [2.75, 3.05) is 49.7 Å². The molecule has 22 heavy (non-hydrogen) atoms. The normalized spacial score (nSPS) is 15.5. The Balaban J connectivity index is 1.96. The number of carbonyl (C=O) groups excluding carboxylic acids is 1. The highest BCUT2D eigenvalue weighted by molar-refractivity contribution is 5.96. The van der Waals surface area contributed by atoms with Crippen LogP contribution in [0.25, 0.3) is 0 Å². The van der Waals surface area contributed by atoms with Crippen LogP contribution in [0.5, 0.6) is 0 Å². The fourth-order valence-electron chi connectivity index (χ4n) is 2.30. The van der Waals surface area contributed by atoms with E-state index < -0.39 is 0 Å². The second-order valence-electron chi connectivity index (χ2n) is 5.05. The van der Waals surface area contributed by atoms with Gasteiger partial charge in [0.25, 0.3) is 0 Å². The lowest BCUT2D eigenvalue weighted by Crippen LogP contribution is -2.36. The molecule has 1 aromatic carbocycles. The SMILES string of the molecule is CC(=O)OCCN=C(C)Nc1ccccc1N1CCOCC1. The topological polar surface area (TPSA) is 63.2 Å². The minimum atomic E-state index is -0.279. The van der Waals surface area contributed by atoms with E-state index in [1.54, 1.807) is 0 Å². The highest BCUT2D eigenvalue weighted by atomic mass is 16.5. The molecule has 1 aliphatic rings. The zero-order valence-electron chi connectivity index (χ0n) is 13.2. The van der Waals surface area contributed by atoms with Crippen LogP contribution in [0.3, 0.4) is 0 Å². The number of nitrogens with one attached hydrogen (secondary N) is 1. The second-order valence-corrected chi connectivity index (χ2v) is 5.05. The number of para-hydroxylation sites is 2. The molecule has 1 heterocycles. The molecule has 0 aliphatic carbocycles. The van der Waals surface area contributed by atoms with Gasteiger partial charge in [0.2, 0.25) is 0 Å². The molecule has 0 saturated carbocycles. The predicted molar refractivity (Wildman–Crippen MR) is 87.7 cm³/mol. The predicted octanol–water partition coefficient (Wildman–Crippen LogP) is 1.92. The summed E-state index contributed by atoms with van der Waals surface area (Å²) in [6, 6.07) is 8.16. The lowest BCUT2D eigenvalue weighted by atomic mass is 10.2. The van der Waals surface area contributed by atoms with Crippen molar-refractivity contribution in [1.82, 2.24) is 0 Å². The Hall–Kier alpha value is -2.08. The van der Waals surface area contributed by atoms with Gasteiger partial charge in [-0.3, -0.25) is 9.79 Å². The maximum absolute atomic E-state index is 10.7. The summed E-state index contributed by atoms with van der Waals surface area (Å²) in [7, 11) is 0. The summed E-state index contributed by atoms with van der Waals surface area (Å²) in [5.74, 6) is 0.520. The number of rotatable bonds is 5. The number of hydrogen-bond acceptors (Lipinski definition) is 5. The molecule has 0 unspecified atom stereocenters. The zero-order valence-corrected chi connectivity index (χ0v) is 13.2. The third kappa shape index (κ3) is 5.04. The molecule has 0 radical (unpaired) electrons. The van der Waals surface area contributed by atoms with Crippen molar-refractivity contribution in [2.45, 2.75) is 13.8 Å². The van der Waals surface area contributed by atoms with E-state index in [2.05, 4.69) is 21.3 Å². The quantitative estimate of drug-likeness (QED) is 0.390. The first-order valence-corrected chi connectivity index (χ1v) is 7.50. The molecule has 0 spiro atoms. The standard InChI is InChI=1S/C16H23N3O3/c1-13(17-7-10-22-14(2)20)18-15-5-3-4-6-16(15)19-8-11-21-12-9-19/h3-6H,7-12H2,1-2H3,(H,17,18). The number of nitrogens with zero attached hydrogens (tertiary/aromatic N) is 2. The summed E-state index contributed by atoms with van der Waals surface area (Å²) in [5, 5.41) is 3.32. The molecule has 1 fully saturated rings. The third-order valence-electron chi connectivity index (χ3n) is 3.32. The molecule has 0 aromatic heterocycles. The van der Waals surface area contributed by atoms with Crippen LogP contribution in [0.4, 0.5) is 11.4 Å². The van der Waals surface area contributed by atoms with Crippen LogP contribution in [0, 0.1) is 0 Å². The van der Waals surface area contributed by atoms with Crippen molar-refractivity contribution in [3.63, 3.8) is 0 Å². The Morgan fingerprint density at radius 3 is 2.77 bits per heavy atom. The van der Waals surface area contributed by atoms with Crippen LogP contribution in [0.1, 0.15) is 13.8 Å². The van der Waals surface area contributed by atoms with E-state index in [1.807, 2.05) is 25.1 Å². The van der Waals surface area contributed by atoms with Crippen LogP contribution in [-0.4, -0.2) is 51.3 Å². The number of amidine groups is 1. The molecule has 1 N–H and O–H groups in total. The van der Waals surface area contributed by atoms with Crippen molar-refractivity contribution >= 4 is 23.2 Å². The van der Waals surface area contributed by atoms with Crippen LogP contribution in [-0.2, 0) is 14.3 Å². The van der Waals surface area contributed by atoms with Gasteiger partial charge in [-0.1, -0.05) is 12.1 Å². The van der Waals surface area contributed by atoms with Gasteiger partial charge in [0, 0.05) is 20.0 Å². The molecule has 6 nitrogen and oxygen atoms in total. The van der Waals surface area contributed by atoms with Gasteiger partial charge >= 0.3 is 5.97 Å². The Morgan fingerprint density at radius 1 is 1.32 bits per heavy atom. The Labute approximate surface area is 131 Å². The van der Waals surface area contributed by atoms with Crippen molar-refractivity contribution in [2.24, 2.45) is 4.99 Å². The summed E-state index contributed by atoms with van der Waals surface area (Å²) in [6.45, 7) is 7.35. The van der Waals surface area contributed by atoms with Gasteiger partial charge < -0.3 is 19.7 Å². The van der Waals surface area contributed by atoms with Gasteiger partial charge in [-0.2, -0.15) is 0 Å². The summed E-state index contributed by atoms with van der Waals surface area (Å²) in [6.07, 6.45) is 0. The highest BCUT2D eigenvalue weighted by Gasteiger charge is 2.14. The summed E-state index contributed by atoms with van der Waals surface area (Å²) < 4.78 is 10.3. The number of esters is 1. The number of anilines is 2. The molecule has 1 aliphatic heterocycles. The van der Waals surface area contributed by atoms with Gasteiger partial charge in [-0.15, -0.1) is 0 Å². The van der Waals surface area contributed by atoms with Gasteiger partial charge in [0.15, 0.2) is 0 Å². The number of morpholine rings is 1. The number of benzene rings is 1. The van der Waals surface area contributed by atoms with Crippen molar-refractivity contribution in [3.8, 4) is 0 Å². The van der Waals surface area contributed by atoms with E-state index in [9.17, 15) is 4.79 Å². The van der Waals surface area contributed by atoms with Gasteiger partial charge in [0.1, 0.15) is 6.61 Å². The number of hydrogen-bond donors (Lipinski definition) is 1. The molecule has 0 amide bonds. The minimum Gasteiger partial charge on any atom is -0.464 e. The number of aliphatic imine (C=N–C) groups is 1. The van der Waals surface area contributed by atoms with Gasteiger partial charge in [-0.25, -0.2) is 0 Å². The highest BCUT2D eigenvalue weighted by Crippen LogP contribution is 2.26. The summed E-state index contributed by atoms with van der Waals surface area (Å²) in [4.78, 5) is 17.4. The van der Waals surface area contributed by atoms with E-state index in [1.165, 1.54) is 6.92 Å². The van der Waals surface area contributed by atoms with E-state index in [0.29, 0.717) is 13.2 Å². The van der Waals surface area contributed by atoms with Crippen molar-refractivity contribution in [1.29, 1.82) is 0 Å². The van der Waals surface area contributed by atoms with Gasteiger partial charge in [0.05, 0.1) is 37.0 Å². The van der Waals surface area contributed by atoms with E-state index in [0.717, 1.165) is 43.5 Å². The summed E-state index contributed by atoms with van der Waals surface area (Å²) in [5.41, 5.74) is 2.18. The van der Waals surface area contributed by atoms with Gasteiger partial charge in [-0.05, 0) is 19.1 Å². The molecular weight excluding hydrogens is 282 g/mol. The average Bonchev–Trinajstić information content (AvgIpc) is 2.53. The lowest BCUT2D eigenvalue weighted by molar-refractivity contribution is -0.140. The fourth-order valence-corrected chi connectivity index (χ4v) is 2.30. The largest absolute Gasteiger partial charge is 0.464 e. The number of ether oxygens (including phenoxy) is 2. The molecule has 1 saturated heterocycles. The van der Waals surface area contributed by atoms with Crippen LogP contribution < -0.4 is 10.2 Å². The van der Waals surface area contributed by atoms with E-state index in [4.69, 9.17) is 9.47 Å². The Bertz CT molecular complexity index is 525. The zero-order chi connectivity index (χ0) is 15.8. The lowest BCUT2D eigenvalue weighted by Gasteiger charge is -2.30. The third-order valence-corrected chi connectivity index (χ3v) is 3.32. The first-order valence-electron chi connectivity index (χ1n) is 7.50. The fraction of sp³-hybridized carbons (Fsp3) is 0.500. The maximum atomic E-state index is 10.7. The van der Waals surface area contributed by atoms with Crippen LogP contribution in [0.2, 0.25) is 0 Å². The van der Waals surface area contributed by atoms with E-state index in [-0.39, 0.29) is 5.97 Å². The Kier molecular flexibility index (Phi) is 6.21. The molecule has 6 heteroatoms. The molecule has 120 valence electrons. The van der Waals surface area contributed by atoms with Crippen molar-refractivity contribution in [3.05, 3.63) is 24.3 Å². The Morgan fingerprint density at radius 2 is 2.05 bits per heavy atom. The maximum Gasteiger partial charge on any atom is 0.302 e. The van der Waals surface area contributed by atoms with E-state index >= 15 is 0 Å². The molecule has 0 atom stereocenters. The monoisotopic (exact) mass is 305 g/mol. The first-order chi connectivity index (χ1) is 10.7. The minimum absolute atomic E-state index is 0.279. The molecule has 1 aromatic rings. The number of carbonyl (C=O) groups is 1. The molecule has 2 rings (SSSR count).